The molecule has 0 bridgehead atoms. The van der Waals surface area contributed by atoms with Gasteiger partial charge in [0.2, 0.25) is 5.91 Å². The zero-order valence-electron chi connectivity index (χ0n) is 18.0. The van der Waals surface area contributed by atoms with Gasteiger partial charge in [-0.25, -0.2) is 4.79 Å². The predicted octanol–water partition coefficient (Wildman–Crippen LogP) is 4.25. The van der Waals surface area contributed by atoms with E-state index in [2.05, 4.69) is 6.92 Å². The Morgan fingerprint density at radius 1 is 1.26 bits per heavy atom. The van der Waals surface area contributed by atoms with Crippen LogP contribution in [0.5, 0.6) is 0 Å². The summed E-state index contributed by atoms with van der Waals surface area (Å²) in [6, 6.07) is 7.20. The van der Waals surface area contributed by atoms with Crippen LogP contribution in [0.2, 0.25) is 0 Å². The number of carbonyl (C=O) groups excluding carboxylic acids is 3. The van der Waals surface area contributed by atoms with Crippen molar-refractivity contribution in [3.05, 3.63) is 40.3 Å². The summed E-state index contributed by atoms with van der Waals surface area (Å²) in [6.07, 6.45) is 7.14. The number of nitrogens with zero attached hydrogens (tertiary/aromatic N) is 2. The highest BCUT2D eigenvalue weighted by atomic mass is 32.2. The summed E-state index contributed by atoms with van der Waals surface area (Å²) in [5.41, 5.74) is 1.26. The van der Waals surface area contributed by atoms with Crippen molar-refractivity contribution in [2.45, 2.75) is 51.5 Å². The lowest BCUT2D eigenvalue weighted by atomic mass is 9.99. The minimum Gasteiger partial charge on any atom is -0.465 e. The van der Waals surface area contributed by atoms with E-state index in [1.165, 1.54) is 25.3 Å². The molecular formula is C23H28N2O4S2. The number of hydrogen-bond donors (Lipinski definition) is 0. The van der Waals surface area contributed by atoms with Crippen LogP contribution in [-0.4, -0.2) is 58.1 Å². The quantitative estimate of drug-likeness (QED) is 0.344. The number of benzene rings is 1. The number of rotatable bonds is 7. The van der Waals surface area contributed by atoms with E-state index in [0.29, 0.717) is 40.2 Å². The molecule has 2 saturated heterocycles. The van der Waals surface area contributed by atoms with Gasteiger partial charge in [0.05, 0.1) is 17.6 Å². The highest BCUT2D eigenvalue weighted by Crippen LogP contribution is 2.33. The Balaban J connectivity index is 1.56. The van der Waals surface area contributed by atoms with Crippen molar-refractivity contribution in [2.24, 2.45) is 0 Å². The first-order valence-corrected chi connectivity index (χ1v) is 11.9. The van der Waals surface area contributed by atoms with Crippen molar-refractivity contribution in [2.75, 3.05) is 20.2 Å². The fourth-order valence-electron chi connectivity index (χ4n) is 3.96. The summed E-state index contributed by atoms with van der Waals surface area (Å²) in [4.78, 5) is 41.1. The number of piperidine rings is 1. The van der Waals surface area contributed by atoms with Crippen LogP contribution in [0.1, 0.15) is 61.4 Å². The van der Waals surface area contributed by atoms with Crippen molar-refractivity contribution in [1.82, 2.24) is 9.80 Å². The smallest absolute Gasteiger partial charge is 0.337 e. The summed E-state index contributed by atoms with van der Waals surface area (Å²) >= 11 is 6.66. The first-order chi connectivity index (χ1) is 14.9. The van der Waals surface area contributed by atoms with Gasteiger partial charge in [0.1, 0.15) is 4.32 Å². The number of amides is 2. The molecule has 0 radical (unpaired) electrons. The minimum absolute atomic E-state index is 0.135. The molecule has 6 nitrogen and oxygen atoms in total. The molecule has 0 unspecified atom stereocenters. The number of carbonyl (C=O) groups is 3. The van der Waals surface area contributed by atoms with Gasteiger partial charge in [-0.1, -0.05) is 43.0 Å². The largest absolute Gasteiger partial charge is 0.465 e. The van der Waals surface area contributed by atoms with E-state index in [1.807, 2.05) is 4.90 Å². The minimum atomic E-state index is -0.401. The Kier molecular flexibility index (Phi) is 8.26. The molecule has 0 saturated carbocycles. The van der Waals surface area contributed by atoms with Gasteiger partial charge < -0.3 is 9.64 Å². The first-order valence-electron chi connectivity index (χ1n) is 10.7. The Hall–Kier alpha value is -2.19. The van der Waals surface area contributed by atoms with Crippen LogP contribution in [0.4, 0.5) is 0 Å². The van der Waals surface area contributed by atoms with E-state index in [4.69, 9.17) is 17.0 Å². The van der Waals surface area contributed by atoms with Crippen molar-refractivity contribution in [3.63, 3.8) is 0 Å². The first kappa shape index (κ1) is 23.5. The van der Waals surface area contributed by atoms with Crippen LogP contribution in [0.15, 0.2) is 29.2 Å². The van der Waals surface area contributed by atoms with E-state index in [-0.39, 0.29) is 11.8 Å². The third-order valence-electron chi connectivity index (χ3n) is 5.69. The average Bonchev–Trinajstić information content (AvgIpc) is 3.06. The number of methoxy groups -OCH3 is 1. The predicted molar refractivity (Wildman–Crippen MR) is 127 cm³/mol. The van der Waals surface area contributed by atoms with Crippen LogP contribution in [0.25, 0.3) is 6.08 Å². The number of hydrogen-bond acceptors (Lipinski definition) is 6. The maximum absolute atomic E-state index is 12.8. The molecule has 1 aromatic rings. The van der Waals surface area contributed by atoms with Crippen LogP contribution in [0.3, 0.4) is 0 Å². The number of thioether (sulfide) groups is 1. The Morgan fingerprint density at radius 2 is 2.00 bits per heavy atom. The molecule has 1 atom stereocenters. The number of thiocarbonyl (C=S) groups is 1. The summed E-state index contributed by atoms with van der Waals surface area (Å²) in [5.74, 6) is -0.357. The van der Waals surface area contributed by atoms with Gasteiger partial charge in [0, 0.05) is 25.6 Å². The van der Waals surface area contributed by atoms with E-state index >= 15 is 0 Å². The molecule has 0 spiro atoms. The van der Waals surface area contributed by atoms with Crippen molar-refractivity contribution in [1.29, 1.82) is 0 Å². The van der Waals surface area contributed by atoms with E-state index in [1.54, 1.807) is 35.2 Å². The molecular weight excluding hydrogens is 432 g/mol. The van der Waals surface area contributed by atoms with E-state index < -0.39 is 5.97 Å². The lowest BCUT2D eigenvalue weighted by Gasteiger charge is -2.35. The standard InChI is InChI=1S/C23H28N2O4S2/c1-3-18-7-4-5-13-24(18)20(26)8-6-14-25-21(27)19(31-23(25)30)15-16-9-11-17(12-10-16)22(28)29-2/h9-12,15,18H,3-8,13-14H2,1-2H3/b19-15-/t18-/m0/s1. The number of likely N-dealkylation sites (tertiary alicyclic amines) is 1. The molecule has 0 N–H and O–H groups in total. The molecule has 2 aliphatic rings. The van der Waals surface area contributed by atoms with Gasteiger partial charge >= 0.3 is 5.97 Å². The lowest BCUT2D eigenvalue weighted by Crippen LogP contribution is -2.43. The molecule has 31 heavy (non-hydrogen) atoms. The second-order valence-electron chi connectivity index (χ2n) is 7.70. The highest BCUT2D eigenvalue weighted by Gasteiger charge is 2.32. The number of esters is 1. The normalized spacial score (nSPS) is 20.5. The Morgan fingerprint density at radius 3 is 2.68 bits per heavy atom. The fraction of sp³-hybridized carbons (Fsp3) is 0.478. The zero-order chi connectivity index (χ0) is 22.4. The third kappa shape index (κ3) is 5.74. The molecule has 8 heteroatoms. The SMILES string of the molecule is CC[C@H]1CCCCN1C(=O)CCCN1C(=O)/C(=C/c2ccc(C(=O)OC)cc2)SC1=S. The molecule has 1 aromatic carbocycles. The van der Waals surface area contributed by atoms with Crippen LogP contribution in [0, 0.1) is 0 Å². The third-order valence-corrected chi connectivity index (χ3v) is 7.07. The molecule has 2 amide bonds. The summed E-state index contributed by atoms with van der Waals surface area (Å²) < 4.78 is 5.21. The van der Waals surface area contributed by atoms with E-state index in [9.17, 15) is 14.4 Å². The molecule has 3 rings (SSSR count). The Bertz CT molecular complexity index is 882. The van der Waals surface area contributed by atoms with Gasteiger partial charge in [-0.15, -0.1) is 0 Å². The van der Waals surface area contributed by atoms with Crippen molar-refractivity contribution >= 4 is 52.2 Å². The molecule has 2 fully saturated rings. The molecule has 166 valence electrons. The van der Waals surface area contributed by atoms with Gasteiger partial charge in [-0.3, -0.25) is 14.5 Å². The van der Waals surface area contributed by atoms with Crippen LogP contribution >= 0.6 is 24.0 Å². The summed E-state index contributed by atoms with van der Waals surface area (Å²) in [5, 5.41) is 0. The maximum atomic E-state index is 12.8. The van der Waals surface area contributed by atoms with Gasteiger partial charge in [0.15, 0.2) is 0 Å². The van der Waals surface area contributed by atoms with Crippen LogP contribution < -0.4 is 0 Å². The average molecular weight is 461 g/mol. The lowest BCUT2D eigenvalue weighted by molar-refractivity contribution is -0.135. The number of ether oxygens (including phenoxy) is 1. The van der Waals surface area contributed by atoms with Crippen molar-refractivity contribution in [3.8, 4) is 0 Å². The summed E-state index contributed by atoms with van der Waals surface area (Å²) in [6.45, 7) is 3.42. The highest BCUT2D eigenvalue weighted by molar-refractivity contribution is 8.26. The Labute approximate surface area is 193 Å². The maximum Gasteiger partial charge on any atom is 0.337 e. The second-order valence-corrected chi connectivity index (χ2v) is 9.37. The van der Waals surface area contributed by atoms with E-state index in [0.717, 1.165) is 31.4 Å². The fourth-order valence-corrected chi connectivity index (χ4v) is 5.27. The molecule has 0 aromatic heterocycles. The second kappa shape index (κ2) is 10.9. The molecule has 0 aliphatic carbocycles. The van der Waals surface area contributed by atoms with Crippen molar-refractivity contribution < 1.29 is 19.1 Å². The monoisotopic (exact) mass is 460 g/mol. The zero-order valence-corrected chi connectivity index (χ0v) is 19.6. The topological polar surface area (TPSA) is 66.9 Å². The summed E-state index contributed by atoms with van der Waals surface area (Å²) in [7, 11) is 1.34. The van der Waals surface area contributed by atoms with Gasteiger partial charge in [0.25, 0.3) is 5.91 Å². The van der Waals surface area contributed by atoms with Gasteiger partial charge in [-0.2, -0.15) is 0 Å². The van der Waals surface area contributed by atoms with Gasteiger partial charge in [-0.05, 0) is 55.9 Å². The molecule has 2 heterocycles. The molecule has 2 aliphatic heterocycles. The van der Waals surface area contributed by atoms with Crippen LogP contribution in [-0.2, 0) is 14.3 Å².